The van der Waals surface area contributed by atoms with Gasteiger partial charge in [-0.15, -0.1) is 0 Å². The number of rotatable bonds is 6. The van der Waals surface area contributed by atoms with Gasteiger partial charge in [0, 0.05) is 24.7 Å². The van der Waals surface area contributed by atoms with Crippen LogP contribution in [0.15, 0.2) is 54.6 Å². The van der Waals surface area contributed by atoms with Gasteiger partial charge >= 0.3 is 12.0 Å². The number of carbonyl (C=O) groups is 4. The number of anilines is 1. The van der Waals surface area contributed by atoms with Crippen molar-refractivity contribution in [2.24, 2.45) is 0 Å². The lowest BCUT2D eigenvalue weighted by Crippen LogP contribution is -2.42. The summed E-state index contributed by atoms with van der Waals surface area (Å²) in [5.41, 5.74) is 0.985. The fourth-order valence-corrected chi connectivity index (χ4v) is 2.39. The highest BCUT2D eigenvalue weighted by atomic mass is 16.5. The Morgan fingerprint density at radius 2 is 1.71 bits per heavy atom. The molecule has 0 bridgehead atoms. The molecule has 0 aliphatic carbocycles. The van der Waals surface area contributed by atoms with Crippen LogP contribution in [0.5, 0.6) is 0 Å². The molecule has 0 heterocycles. The largest absolute Gasteiger partial charge is 0.444 e. The smallest absolute Gasteiger partial charge is 0.339 e. The van der Waals surface area contributed by atoms with E-state index >= 15 is 0 Å². The van der Waals surface area contributed by atoms with Crippen LogP contribution in [0.1, 0.15) is 35.9 Å². The molecule has 2 aromatic carbocycles. The van der Waals surface area contributed by atoms with Crippen molar-refractivity contribution in [2.45, 2.75) is 20.0 Å². The molecule has 2 rings (SSSR count). The summed E-state index contributed by atoms with van der Waals surface area (Å²) < 4.78 is 5.38. The van der Waals surface area contributed by atoms with E-state index in [2.05, 4.69) is 16.0 Å². The molecule has 0 spiro atoms. The Morgan fingerprint density at radius 3 is 2.36 bits per heavy atom. The Kier molecular flexibility index (Phi) is 7.27. The van der Waals surface area contributed by atoms with Crippen molar-refractivity contribution >= 4 is 29.5 Å². The topological polar surface area (TPSA) is 114 Å². The van der Waals surface area contributed by atoms with E-state index in [1.54, 1.807) is 49.4 Å². The Bertz CT molecular complexity index is 867. The number of amides is 4. The summed E-state index contributed by atoms with van der Waals surface area (Å²) in [6, 6.07) is 13.8. The molecule has 8 nitrogen and oxygen atoms in total. The zero-order valence-corrected chi connectivity index (χ0v) is 15.5. The van der Waals surface area contributed by atoms with Gasteiger partial charge in [0.25, 0.3) is 5.91 Å². The van der Waals surface area contributed by atoms with Crippen LogP contribution in [0.2, 0.25) is 0 Å². The van der Waals surface area contributed by atoms with Crippen LogP contribution in [0.25, 0.3) is 0 Å². The number of imide groups is 1. The van der Waals surface area contributed by atoms with Crippen LogP contribution in [0, 0.1) is 0 Å². The zero-order valence-electron chi connectivity index (χ0n) is 15.5. The second-order valence-corrected chi connectivity index (χ2v) is 5.81. The van der Waals surface area contributed by atoms with Crippen LogP contribution in [-0.2, 0) is 14.3 Å². The van der Waals surface area contributed by atoms with E-state index in [0.717, 1.165) is 0 Å². The molecule has 0 unspecified atom stereocenters. The number of benzene rings is 2. The molecule has 0 fully saturated rings. The third kappa shape index (κ3) is 5.94. The number of carbonyl (C=O) groups excluding carboxylic acids is 4. The summed E-state index contributed by atoms with van der Waals surface area (Å²) in [5.74, 6) is -1.83. The first-order valence-corrected chi connectivity index (χ1v) is 8.63. The Morgan fingerprint density at radius 1 is 1.00 bits per heavy atom. The predicted molar refractivity (Wildman–Crippen MR) is 103 cm³/mol. The van der Waals surface area contributed by atoms with Crippen molar-refractivity contribution in [2.75, 3.05) is 11.9 Å². The lowest BCUT2D eigenvalue weighted by atomic mass is 10.1. The van der Waals surface area contributed by atoms with Crippen LogP contribution in [0.4, 0.5) is 10.5 Å². The molecule has 4 amide bonds. The summed E-state index contributed by atoms with van der Waals surface area (Å²) in [5, 5.41) is 7.16. The minimum absolute atomic E-state index is 0.151. The summed E-state index contributed by atoms with van der Waals surface area (Å²) in [7, 11) is 0. The standard InChI is InChI=1S/C20H21N3O5/c1-3-21-20(27)23-18(25)17(14-8-5-4-6-9-14)28-19(26)15-10-7-11-16(12-15)22-13(2)24/h4-12,17H,3H2,1-2H3,(H,22,24)(H2,21,23,25,27)/t17-/m1/s1. The maximum atomic E-state index is 12.6. The molecule has 3 N–H and O–H groups in total. The molecule has 2 aromatic rings. The SMILES string of the molecule is CCNC(=O)NC(=O)[C@H](OC(=O)c1cccc(NC(C)=O)c1)c1ccccc1. The van der Waals surface area contributed by atoms with E-state index < -0.39 is 24.0 Å². The van der Waals surface area contributed by atoms with Gasteiger partial charge in [-0.25, -0.2) is 9.59 Å². The molecule has 0 aliphatic rings. The van der Waals surface area contributed by atoms with Crippen molar-refractivity contribution in [3.63, 3.8) is 0 Å². The van der Waals surface area contributed by atoms with Crippen molar-refractivity contribution in [3.8, 4) is 0 Å². The molecule has 0 saturated carbocycles. The van der Waals surface area contributed by atoms with Gasteiger partial charge in [0.15, 0.2) is 0 Å². The summed E-state index contributed by atoms with van der Waals surface area (Å²) in [4.78, 5) is 47.9. The number of hydrogen-bond donors (Lipinski definition) is 3. The van der Waals surface area contributed by atoms with Crippen molar-refractivity contribution in [1.29, 1.82) is 0 Å². The Labute approximate surface area is 162 Å². The molecule has 1 atom stereocenters. The van der Waals surface area contributed by atoms with Crippen LogP contribution >= 0.6 is 0 Å². The highest BCUT2D eigenvalue weighted by Crippen LogP contribution is 2.21. The van der Waals surface area contributed by atoms with E-state index in [-0.39, 0.29) is 11.5 Å². The lowest BCUT2D eigenvalue weighted by Gasteiger charge is -2.18. The highest BCUT2D eigenvalue weighted by molar-refractivity contribution is 5.99. The number of hydrogen-bond acceptors (Lipinski definition) is 5. The average Bonchev–Trinajstić information content (AvgIpc) is 2.66. The molecule has 0 aromatic heterocycles. The quantitative estimate of drug-likeness (QED) is 0.663. The normalized spacial score (nSPS) is 11.1. The van der Waals surface area contributed by atoms with Gasteiger partial charge in [0.1, 0.15) is 0 Å². The van der Waals surface area contributed by atoms with E-state index in [9.17, 15) is 19.2 Å². The maximum absolute atomic E-state index is 12.6. The average molecular weight is 383 g/mol. The maximum Gasteiger partial charge on any atom is 0.339 e. The summed E-state index contributed by atoms with van der Waals surface area (Å²) in [6.45, 7) is 3.40. The molecule has 28 heavy (non-hydrogen) atoms. The van der Waals surface area contributed by atoms with E-state index in [4.69, 9.17) is 4.74 Å². The lowest BCUT2D eigenvalue weighted by molar-refractivity contribution is -0.129. The molecular formula is C20H21N3O5. The zero-order chi connectivity index (χ0) is 20.5. The molecule has 146 valence electrons. The van der Waals surface area contributed by atoms with Crippen molar-refractivity contribution < 1.29 is 23.9 Å². The fraction of sp³-hybridized carbons (Fsp3) is 0.200. The van der Waals surface area contributed by atoms with E-state index in [1.807, 2.05) is 0 Å². The van der Waals surface area contributed by atoms with Crippen LogP contribution in [0.3, 0.4) is 0 Å². The molecule has 8 heteroatoms. The van der Waals surface area contributed by atoms with Crippen molar-refractivity contribution in [3.05, 3.63) is 65.7 Å². The minimum atomic E-state index is -1.32. The van der Waals surface area contributed by atoms with Gasteiger partial charge in [-0.05, 0) is 25.1 Å². The molecule has 0 radical (unpaired) electrons. The second-order valence-electron chi connectivity index (χ2n) is 5.81. The predicted octanol–water partition coefficient (Wildman–Crippen LogP) is 2.39. The van der Waals surface area contributed by atoms with Gasteiger partial charge < -0.3 is 15.4 Å². The van der Waals surface area contributed by atoms with Crippen LogP contribution < -0.4 is 16.0 Å². The third-order valence-corrected chi connectivity index (χ3v) is 3.56. The van der Waals surface area contributed by atoms with E-state index in [1.165, 1.54) is 19.1 Å². The number of urea groups is 1. The Balaban J connectivity index is 2.22. The monoisotopic (exact) mass is 383 g/mol. The molecule has 0 aliphatic heterocycles. The summed E-state index contributed by atoms with van der Waals surface area (Å²) in [6.07, 6.45) is -1.32. The van der Waals surface area contributed by atoms with Crippen molar-refractivity contribution in [1.82, 2.24) is 10.6 Å². The first kappa shape index (κ1) is 20.6. The third-order valence-electron chi connectivity index (χ3n) is 3.56. The van der Waals surface area contributed by atoms with Gasteiger partial charge in [-0.3, -0.25) is 14.9 Å². The van der Waals surface area contributed by atoms with E-state index in [0.29, 0.717) is 17.8 Å². The first-order chi connectivity index (χ1) is 13.4. The fourth-order valence-electron chi connectivity index (χ4n) is 2.39. The number of ether oxygens (including phenoxy) is 1. The van der Waals surface area contributed by atoms with Gasteiger partial charge in [-0.1, -0.05) is 36.4 Å². The van der Waals surface area contributed by atoms with Gasteiger partial charge in [-0.2, -0.15) is 0 Å². The second kappa shape index (κ2) is 9.86. The molecule has 0 saturated heterocycles. The van der Waals surface area contributed by atoms with Crippen LogP contribution in [-0.4, -0.2) is 30.4 Å². The summed E-state index contributed by atoms with van der Waals surface area (Å²) >= 11 is 0. The molecular weight excluding hydrogens is 362 g/mol. The van der Waals surface area contributed by atoms with Gasteiger partial charge in [0.05, 0.1) is 5.56 Å². The first-order valence-electron chi connectivity index (χ1n) is 8.63. The minimum Gasteiger partial charge on any atom is -0.444 e. The number of esters is 1. The number of nitrogens with one attached hydrogen (secondary N) is 3. The van der Waals surface area contributed by atoms with Gasteiger partial charge in [0.2, 0.25) is 12.0 Å². The highest BCUT2D eigenvalue weighted by Gasteiger charge is 2.27. The Hall–Kier alpha value is -3.68.